The molecule has 2 aliphatic heterocycles. The highest BCUT2D eigenvalue weighted by atomic mass is 19.1. The zero-order chi connectivity index (χ0) is 21.4. The second-order valence-electron chi connectivity index (χ2n) is 8.98. The minimum absolute atomic E-state index is 0.147. The van der Waals surface area contributed by atoms with Crippen LogP contribution in [-0.2, 0) is 22.6 Å². The van der Waals surface area contributed by atoms with Crippen molar-refractivity contribution in [3.8, 4) is 11.4 Å². The van der Waals surface area contributed by atoms with Crippen molar-refractivity contribution in [1.29, 1.82) is 0 Å². The highest BCUT2D eigenvalue weighted by Gasteiger charge is 2.36. The Labute approximate surface area is 181 Å². The van der Waals surface area contributed by atoms with Crippen LogP contribution >= 0.6 is 0 Å². The van der Waals surface area contributed by atoms with Gasteiger partial charge in [0.2, 0.25) is 11.8 Å². The van der Waals surface area contributed by atoms with Crippen LogP contribution in [0.5, 0.6) is 0 Å². The number of rotatable bonds is 4. The lowest BCUT2D eigenvalue weighted by Gasteiger charge is -2.32. The highest BCUT2D eigenvalue weighted by Crippen LogP contribution is 2.33. The Hall–Kier alpha value is -2.77. The third kappa shape index (κ3) is 4.20. The molecule has 3 aliphatic rings. The molecule has 1 N–H and O–H groups in total. The van der Waals surface area contributed by atoms with Gasteiger partial charge in [-0.3, -0.25) is 9.59 Å². The smallest absolute Gasteiger partial charge is 0.229 e. The number of hydrogen-bond acceptors (Lipinski definition) is 4. The zero-order valence-electron chi connectivity index (χ0n) is 17.6. The van der Waals surface area contributed by atoms with Crippen molar-refractivity contribution in [3.05, 3.63) is 29.8 Å². The maximum atomic E-state index is 14.5. The van der Waals surface area contributed by atoms with E-state index in [0.29, 0.717) is 25.3 Å². The second kappa shape index (κ2) is 8.40. The maximum absolute atomic E-state index is 14.5. The Morgan fingerprint density at radius 2 is 1.87 bits per heavy atom. The monoisotopic (exact) mass is 425 g/mol. The average Bonchev–Trinajstić information content (AvgIpc) is 3.60. The summed E-state index contributed by atoms with van der Waals surface area (Å²) in [5, 5.41) is 11.4. The van der Waals surface area contributed by atoms with Crippen molar-refractivity contribution < 1.29 is 14.0 Å². The topological polar surface area (TPSA) is 80.1 Å². The van der Waals surface area contributed by atoms with E-state index in [4.69, 9.17) is 0 Å². The lowest BCUT2D eigenvalue weighted by molar-refractivity contribution is -0.135. The Kier molecular flexibility index (Phi) is 5.46. The van der Waals surface area contributed by atoms with Gasteiger partial charge in [0.15, 0.2) is 5.82 Å². The molecule has 2 fully saturated rings. The summed E-state index contributed by atoms with van der Waals surface area (Å²) in [6.07, 6.45) is 7.65. The molecular weight excluding hydrogens is 397 g/mol. The molecule has 5 rings (SSSR count). The molecule has 0 spiro atoms. The summed E-state index contributed by atoms with van der Waals surface area (Å²) < 4.78 is 16.6. The first-order valence-electron chi connectivity index (χ1n) is 11.4. The van der Waals surface area contributed by atoms with Crippen molar-refractivity contribution in [1.82, 2.24) is 19.7 Å². The SMILES string of the molecule is O=C(Nc1cc(-c2nnc3n2CCCCC3)ccc1F)C1CCCN(C(=O)C2CC2)C1. The van der Waals surface area contributed by atoms with Gasteiger partial charge in [-0.1, -0.05) is 6.42 Å². The van der Waals surface area contributed by atoms with Gasteiger partial charge in [0.25, 0.3) is 0 Å². The normalized spacial score (nSPS) is 21.3. The minimum Gasteiger partial charge on any atom is -0.342 e. The van der Waals surface area contributed by atoms with Crippen molar-refractivity contribution >= 4 is 17.5 Å². The van der Waals surface area contributed by atoms with Crippen molar-refractivity contribution in [2.75, 3.05) is 18.4 Å². The van der Waals surface area contributed by atoms with E-state index < -0.39 is 5.82 Å². The van der Waals surface area contributed by atoms with Crippen LogP contribution in [0.2, 0.25) is 0 Å². The molecule has 7 nitrogen and oxygen atoms in total. The standard InChI is InChI=1S/C23H28FN5O2/c24-18-10-9-16(21-27-26-20-6-2-1-3-12-29(20)21)13-19(18)25-22(30)17-5-4-11-28(14-17)23(31)15-7-8-15/h9-10,13,15,17H,1-8,11-12,14H2,(H,25,30). The fraction of sp³-hybridized carbons (Fsp3) is 0.565. The van der Waals surface area contributed by atoms with E-state index in [1.807, 2.05) is 4.90 Å². The summed E-state index contributed by atoms with van der Waals surface area (Å²) in [6.45, 7) is 1.98. The van der Waals surface area contributed by atoms with Gasteiger partial charge in [-0.15, -0.1) is 10.2 Å². The molecule has 1 aromatic heterocycles. The molecule has 31 heavy (non-hydrogen) atoms. The van der Waals surface area contributed by atoms with Gasteiger partial charge in [0.05, 0.1) is 11.6 Å². The van der Waals surface area contributed by atoms with Gasteiger partial charge in [0, 0.05) is 37.5 Å². The first-order chi connectivity index (χ1) is 15.1. The summed E-state index contributed by atoms with van der Waals surface area (Å²) in [5.74, 6) is 0.964. The number of likely N-dealkylation sites (tertiary alicyclic amines) is 1. The van der Waals surface area contributed by atoms with Crippen LogP contribution in [0.3, 0.4) is 0 Å². The molecule has 1 unspecified atom stereocenters. The number of halogens is 1. The molecule has 0 bridgehead atoms. The number of fused-ring (bicyclic) bond motifs is 1. The Bertz CT molecular complexity index is 1000. The van der Waals surface area contributed by atoms with Crippen LogP contribution in [0.4, 0.5) is 10.1 Å². The van der Waals surface area contributed by atoms with Crippen LogP contribution < -0.4 is 5.32 Å². The van der Waals surface area contributed by atoms with Gasteiger partial charge in [-0.25, -0.2) is 4.39 Å². The average molecular weight is 426 g/mol. The Balaban J connectivity index is 1.32. The number of aromatic nitrogens is 3. The number of nitrogens with zero attached hydrogens (tertiary/aromatic N) is 4. The molecule has 0 radical (unpaired) electrons. The van der Waals surface area contributed by atoms with Crippen LogP contribution in [0.15, 0.2) is 18.2 Å². The van der Waals surface area contributed by atoms with Gasteiger partial charge in [0.1, 0.15) is 11.6 Å². The summed E-state index contributed by atoms with van der Waals surface area (Å²) in [4.78, 5) is 27.1. The van der Waals surface area contributed by atoms with E-state index in [-0.39, 0.29) is 29.3 Å². The molecule has 2 amide bonds. The van der Waals surface area contributed by atoms with E-state index in [9.17, 15) is 14.0 Å². The van der Waals surface area contributed by atoms with E-state index in [1.54, 1.807) is 12.1 Å². The number of amides is 2. The molecule has 1 atom stereocenters. The van der Waals surface area contributed by atoms with Crippen molar-refractivity contribution in [3.63, 3.8) is 0 Å². The molecule has 164 valence electrons. The largest absolute Gasteiger partial charge is 0.342 e. The van der Waals surface area contributed by atoms with Gasteiger partial charge < -0.3 is 14.8 Å². The third-order valence-corrected chi connectivity index (χ3v) is 6.62. The third-order valence-electron chi connectivity index (χ3n) is 6.62. The lowest BCUT2D eigenvalue weighted by atomic mass is 9.96. The summed E-state index contributed by atoms with van der Waals surface area (Å²) in [5.41, 5.74) is 0.894. The number of nitrogens with one attached hydrogen (secondary N) is 1. The first-order valence-corrected chi connectivity index (χ1v) is 11.4. The first kappa shape index (κ1) is 20.2. The highest BCUT2D eigenvalue weighted by molar-refractivity contribution is 5.94. The summed E-state index contributed by atoms with van der Waals surface area (Å²) in [7, 11) is 0. The Morgan fingerprint density at radius 3 is 2.71 bits per heavy atom. The molecule has 1 aliphatic carbocycles. The van der Waals surface area contributed by atoms with Crippen LogP contribution in [0.1, 0.15) is 50.8 Å². The van der Waals surface area contributed by atoms with Gasteiger partial charge >= 0.3 is 0 Å². The zero-order valence-corrected chi connectivity index (χ0v) is 17.6. The fourth-order valence-corrected chi connectivity index (χ4v) is 4.67. The van der Waals surface area contributed by atoms with Gasteiger partial charge in [-0.2, -0.15) is 0 Å². The molecule has 3 heterocycles. The summed E-state index contributed by atoms with van der Waals surface area (Å²) in [6, 6.07) is 4.70. The van der Waals surface area contributed by atoms with Crippen molar-refractivity contribution in [2.24, 2.45) is 11.8 Å². The molecule has 2 aromatic rings. The van der Waals surface area contributed by atoms with E-state index in [2.05, 4.69) is 20.1 Å². The lowest BCUT2D eigenvalue weighted by Crippen LogP contribution is -2.44. The number of benzene rings is 1. The van der Waals surface area contributed by atoms with Crippen LogP contribution in [0.25, 0.3) is 11.4 Å². The van der Waals surface area contributed by atoms with E-state index >= 15 is 0 Å². The van der Waals surface area contributed by atoms with E-state index in [0.717, 1.165) is 62.9 Å². The van der Waals surface area contributed by atoms with Crippen LogP contribution in [0, 0.1) is 17.7 Å². The quantitative estimate of drug-likeness (QED) is 0.814. The van der Waals surface area contributed by atoms with Crippen LogP contribution in [-0.4, -0.2) is 44.6 Å². The molecule has 1 aromatic carbocycles. The molecular formula is C23H28FN5O2. The number of anilines is 1. The predicted octanol–water partition coefficient (Wildman–Crippen LogP) is 3.40. The molecule has 1 saturated heterocycles. The van der Waals surface area contributed by atoms with Crippen molar-refractivity contribution in [2.45, 2.75) is 57.9 Å². The number of carbonyl (C=O) groups excluding carboxylic acids is 2. The van der Waals surface area contributed by atoms with Gasteiger partial charge in [-0.05, 0) is 56.7 Å². The maximum Gasteiger partial charge on any atom is 0.229 e. The fourth-order valence-electron chi connectivity index (χ4n) is 4.67. The van der Waals surface area contributed by atoms with E-state index in [1.165, 1.54) is 6.07 Å². The number of hydrogen-bond donors (Lipinski definition) is 1. The summed E-state index contributed by atoms with van der Waals surface area (Å²) >= 11 is 0. The number of aryl methyl sites for hydroxylation is 1. The second-order valence-corrected chi connectivity index (χ2v) is 8.98. The minimum atomic E-state index is -0.477. The molecule has 8 heteroatoms. The predicted molar refractivity (Wildman–Crippen MR) is 114 cm³/mol. The molecule has 1 saturated carbocycles. The number of carbonyl (C=O) groups is 2. The number of piperidine rings is 1. The Morgan fingerprint density at radius 1 is 1.00 bits per heavy atom.